The Hall–Kier alpha value is -1.06. The van der Waals surface area contributed by atoms with Crippen LogP contribution in [0.15, 0.2) is 24.3 Å². The molecule has 1 N–H and O–H groups in total. The Morgan fingerprint density at radius 1 is 1.17 bits per heavy atom. The number of rotatable bonds is 8. The summed E-state index contributed by atoms with van der Waals surface area (Å²) < 4.78 is 10.8. The summed E-state index contributed by atoms with van der Waals surface area (Å²) in [6.07, 6.45) is 2.42. The lowest BCUT2D eigenvalue weighted by atomic mass is 10.1. The number of methoxy groups -OCH3 is 1. The van der Waals surface area contributed by atoms with E-state index in [0.717, 1.165) is 25.2 Å². The van der Waals surface area contributed by atoms with Crippen molar-refractivity contribution in [3.8, 4) is 5.75 Å². The van der Waals surface area contributed by atoms with Gasteiger partial charge in [0.15, 0.2) is 0 Å². The number of hydrogen-bond donors (Lipinski definition) is 1. The van der Waals surface area contributed by atoms with Crippen molar-refractivity contribution in [1.29, 1.82) is 0 Å². The number of nitrogens with one attached hydrogen (secondary N) is 1. The molecule has 3 nitrogen and oxygen atoms in total. The lowest BCUT2D eigenvalue weighted by molar-refractivity contribution is 0.0611. The van der Waals surface area contributed by atoms with E-state index in [2.05, 4.69) is 31.3 Å². The molecule has 0 bridgehead atoms. The largest absolute Gasteiger partial charge is 0.497 e. The van der Waals surface area contributed by atoms with Gasteiger partial charge in [-0.2, -0.15) is 0 Å². The third-order valence-electron chi connectivity index (χ3n) is 2.98. The highest BCUT2D eigenvalue weighted by Crippen LogP contribution is 2.13. The van der Waals surface area contributed by atoms with Gasteiger partial charge in [0.2, 0.25) is 0 Å². The summed E-state index contributed by atoms with van der Waals surface area (Å²) in [5.41, 5.74) is 1.33. The van der Waals surface area contributed by atoms with Crippen LogP contribution in [0, 0.1) is 0 Å². The van der Waals surface area contributed by atoms with Crippen molar-refractivity contribution in [3.05, 3.63) is 29.8 Å². The van der Waals surface area contributed by atoms with Gasteiger partial charge in [-0.05, 0) is 51.4 Å². The van der Waals surface area contributed by atoms with Crippen molar-refractivity contribution in [2.75, 3.05) is 20.8 Å². The molecule has 1 aromatic rings. The molecule has 0 fully saturated rings. The van der Waals surface area contributed by atoms with Crippen molar-refractivity contribution in [1.82, 2.24) is 5.32 Å². The highest BCUT2D eigenvalue weighted by molar-refractivity contribution is 5.27. The quantitative estimate of drug-likeness (QED) is 0.770. The van der Waals surface area contributed by atoms with Crippen LogP contribution in [-0.2, 0) is 11.2 Å². The first-order valence-corrected chi connectivity index (χ1v) is 6.57. The van der Waals surface area contributed by atoms with Crippen LogP contribution in [0.1, 0.15) is 25.8 Å². The van der Waals surface area contributed by atoms with Crippen molar-refractivity contribution >= 4 is 0 Å². The lowest BCUT2D eigenvalue weighted by Crippen LogP contribution is -2.32. The normalized spacial score (nSPS) is 12.7. The molecule has 0 heterocycles. The molecule has 1 aromatic carbocycles. The van der Waals surface area contributed by atoms with E-state index in [-0.39, 0.29) is 0 Å². The molecule has 1 rings (SSSR count). The standard InChI is InChI=1S/C15H25NO2/c1-12(2)18-11-14(16-3)8-5-13-6-9-15(17-4)10-7-13/h6-7,9-10,12,14,16H,5,8,11H2,1-4H3. The van der Waals surface area contributed by atoms with E-state index >= 15 is 0 Å². The topological polar surface area (TPSA) is 30.5 Å². The average molecular weight is 251 g/mol. The minimum atomic E-state index is 0.293. The number of benzene rings is 1. The Morgan fingerprint density at radius 3 is 2.33 bits per heavy atom. The van der Waals surface area contributed by atoms with Crippen LogP contribution in [0.2, 0.25) is 0 Å². The third-order valence-corrected chi connectivity index (χ3v) is 2.98. The number of aryl methyl sites for hydroxylation is 1. The molecule has 0 saturated carbocycles. The maximum atomic E-state index is 5.64. The predicted octanol–water partition coefficient (Wildman–Crippen LogP) is 2.64. The van der Waals surface area contributed by atoms with E-state index in [4.69, 9.17) is 9.47 Å². The maximum absolute atomic E-state index is 5.64. The van der Waals surface area contributed by atoms with Gasteiger partial charge in [-0.15, -0.1) is 0 Å². The van der Waals surface area contributed by atoms with E-state index < -0.39 is 0 Å². The van der Waals surface area contributed by atoms with Crippen LogP contribution >= 0.6 is 0 Å². The number of ether oxygens (including phenoxy) is 2. The monoisotopic (exact) mass is 251 g/mol. The van der Waals surface area contributed by atoms with Crippen molar-refractivity contribution < 1.29 is 9.47 Å². The SMILES string of the molecule is CNC(CCc1ccc(OC)cc1)COC(C)C. The van der Waals surface area contributed by atoms with Gasteiger partial charge in [0.05, 0.1) is 19.8 Å². The van der Waals surface area contributed by atoms with Gasteiger partial charge in [0.1, 0.15) is 5.75 Å². The second-order valence-corrected chi connectivity index (χ2v) is 4.75. The van der Waals surface area contributed by atoms with E-state index in [1.807, 2.05) is 19.2 Å². The zero-order chi connectivity index (χ0) is 13.4. The Morgan fingerprint density at radius 2 is 1.83 bits per heavy atom. The first-order chi connectivity index (χ1) is 8.65. The van der Waals surface area contributed by atoms with Gasteiger partial charge < -0.3 is 14.8 Å². The number of likely N-dealkylation sites (N-methyl/N-ethyl adjacent to an activating group) is 1. The second-order valence-electron chi connectivity index (χ2n) is 4.75. The van der Waals surface area contributed by atoms with E-state index in [1.165, 1.54) is 5.56 Å². The van der Waals surface area contributed by atoms with E-state index in [9.17, 15) is 0 Å². The molecule has 0 aliphatic rings. The predicted molar refractivity (Wildman–Crippen MR) is 75.3 cm³/mol. The molecule has 3 heteroatoms. The van der Waals surface area contributed by atoms with Crippen LogP contribution in [0.4, 0.5) is 0 Å². The molecule has 0 aliphatic carbocycles. The summed E-state index contributed by atoms with van der Waals surface area (Å²) >= 11 is 0. The number of hydrogen-bond acceptors (Lipinski definition) is 3. The molecule has 0 aromatic heterocycles. The molecular formula is C15H25NO2. The lowest BCUT2D eigenvalue weighted by Gasteiger charge is -2.18. The minimum absolute atomic E-state index is 0.293. The fourth-order valence-corrected chi connectivity index (χ4v) is 1.75. The van der Waals surface area contributed by atoms with Crippen molar-refractivity contribution in [3.63, 3.8) is 0 Å². The minimum Gasteiger partial charge on any atom is -0.497 e. The Balaban J connectivity index is 2.36. The highest BCUT2D eigenvalue weighted by atomic mass is 16.5. The zero-order valence-electron chi connectivity index (χ0n) is 11.9. The average Bonchev–Trinajstić information content (AvgIpc) is 2.39. The molecule has 1 atom stereocenters. The summed E-state index contributed by atoms with van der Waals surface area (Å²) in [5, 5.41) is 3.30. The maximum Gasteiger partial charge on any atom is 0.118 e. The highest BCUT2D eigenvalue weighted by Gasteiger charge is 2.07. The van der Waals surface area contributed by atoms with E-state index in [1.54, 1.807) is 7.11 Å². The summed E-state index contributed by atoms with van der Waals surface area (Å²) in [4.78, 5) is 0. The third kappa shape index (κ3) is 5.52. The molecule has 102 valence electrons. The summed E-state index contributed by atoms with van der Waals surface area (Å²) in [6, 6.07) is 8.67. The summed E-state index contributed by atoms with van der Waals surface area (Å²) in [6.45, 7) is 4.90. The molecule has 0 radical (unpaired) electrons. The van der Waals surface area contributed by atoms with Gasteiger partial charge in [-0.3, -0.25) is 0 Å². The molecule has 0 spiro atoms. The van der Waals surface area contributed by atoms with Crippen molar-refractivity contribution in [2.45, 2.75) is 38.8 Å². The molecular weight excluding hydrogens is 226 g/mol. The van der Waals surface area contributed by atoms with Gasteiger partial charge >= 0.3 is 0 Å². The molecule has 18 heavy (non-hydrogen) atoms. The fourth-order valence-electron chi connectivity index (χ4n) is 1.75. The Kier molecular flexibility index (Phi) is 6.76. The zero-order valence-corrected chi connectivity index (χ0v) is 11.9. The van der Waals surface area contributed by atoms with Gasteiger partial charge in [-0.25, -0.2) is 0 Å². The van der Waals surface area contributed by atoms with Crippen LogP contribution in [-0.4, -0.2) is 32.9 Å². The summed E-state index contributed by atoms with van der Waals surface area (Å²) in [7, 11) is 3.68. The first kappa shape index (κ1) is 15.0. The second kappa shape index (κ2) is 8.11. The first-order valence-electron chi connectivity index (χ1n) is 6.57. The molecule has 0 aliphatic heterocycles. The smallest absolute Gasteiger partial charge is 0.118 e. The van der Waals surface area contributed by atoms with Crippen LogP contribution in [0.5, 0.6) is 5.75 Å². The Bertz CT molecular complexity index is 322. The van der Waals surface area contributed by atoms with Crippen LogP contribution < -0.4 is 10.1 Å². The van der Waals surface area contributed by atoms with Crippen molar-refractivity contribution in [2.24, 2.45) is 0 Å². The fraction of sp³-hybridized carbons (Fsp3) is 0.600. The van der Waals surface area contributed by atoms with Gasteiger partial charge in [-0.1, -0.05) is 12.1 Å². The van der Waals surface area contributed by atoms with Crippen LogP contribution in [0.3, 0.4) is 0 Å². The molecule has 0 saturated heterocycles. The van der Waals surface area contributed by atoms with Gasteiger partial charge in [0.25, 0.3) is 0 Å². The van der Waals surface area contributed by atoms with E-state index in [0.29, 0.717) is 12.1 Å². The molecule has 1 unspecified atom stereocenters. The Labute approximate surface area is 110 Å². The van der Waals surface area contributed by atoms with Crippen LogP contribution in [0.25, 0.3) is 0 Å². The van der Waals surface area contributed by atoms with Gasteiger partial charge in [0, 0.05) is 6.04 Å². The molecule has 0 amide bonds. The summed E-state index contributed by atoms with van der Waals surface area (Å²) in [5.74, 6) is 0.909.